The van der Waals surface area contributed by atoms with Crippen LogP contribution in [0.25, 0.3) is 0 Å². The summed E-state index contributed by atoms with van der Waals surface area (Å²) in [6.07, 6.45) is 0. The Balaban J connectivity index is 2.02. The number of rotatable bonds is 7. The minimum Gasteiger partial charge on any atom is -0.497 e. The van der Waals surface area contributed by atoms with Gasteiger partial charge in [-0.1, -0.05) is 70.1 Å². The highest BCUT2D eigenvalue weighted by atomic mass is 35.5. The van der Waals surface area contributed by atoms with E-state index < -0.39 is 23.8 Å². The highest BCUT2D eigenvalue weighted by Gasteiger charge is 2.26. The van der Waals surface area contributed by atoms with Crippen molar-refractivity contribution in [2.45, 2.75) is 13.5 Å². The van der Waals surface area contributed by atoms with Gasteiger partial charge in [0.25, 0.3) is 5.56 Å². The summed E-state index contributed by atoms with van der Waals surface area (Å²) in [6, 6.07) is 8.50. The van der Waals surface area contributed by atoms with Gasteiger partial charge in [-0.3, -0.25) is 14.2 Å². The molecule has 1 N–H and O–H groups in total. The summed E-state index contributed by atoms with van der Waals surface area (Å²) < 4.78 is 11.5. The van der Waals surface area contributed by atoms with E-state index in [-0.39, 0.29) is 54.1 Å². The lowest BCUT2D eigenvalue weighted by Crippen LogP contribution is -2.28. The summed E-state index contributed by atoms with van der Waals surface area (Å²) in [7, 11) is 1.51. The van der Waals surface area contributed by atoms with Crippen LogP contribution in [0.4, 0.5) is 0 Å². The van der Waals surface area contributed by atoms with E-state index in [4.69, 9.17) is 67.5 Å². The Bertz CT molecular complexity index is 1400. The number of benzene rings is 2. The number of hydrogen-bond acceptors (Lipinski definition) is 6. The van der Waals surface area contributed by atoms with Crippen molar-refractivity contribution in [3.8, 4) is 23.4 Å². The number of nitrogens with zero attached hydrogens (tertiary/aromatic N) is 2. The molecule has 0 aliphatic heterocycles. The van der Waals surface area contributed by atoms with Crippen LogP contribution in [-0.2, 0) is 6.54 Å². The van der Waals surface area contributed by atoms with Crippen molar-refractivity contribution in [2.24, 2.45) is 0 Å². The maximum Gasteiger partial charge on any atom is 0.271 e. The van der Waals surface area contributed by atoms with Gasteiger partial charge in [0.1, 0.15) is 27.4 Å². The van der Waals surface area contributed by atoms with E-state index in [1.165, 1.54) is 14.0 Å². The van der Waals surface area contributed by atoms with Gasteiger partial charge in [-0.05, 0) is 30.2 Å². The summed E-state index contributed by atoms with van der Waals surface area (Å²) in [6.45, 7) is 0.596. The van der Waals surface area contributed by atoms with E-state index in [1.54, 1.807) is 30.3 Å². The van der Waals surface area contributed by atoms with Gasteiger partial charge in [0.15, 0.2) is 12.4 Å². The van der Waals surface area contributed by atoms with Gasteiger partial charge in [0.05, 0.1) is 34.3 Å². The second-order valence-electron chi connectivity index (χ2n) is 7.16. The maximum atomic E-state index is 13.1. The SMILES string of the molecule is COc1ccc(Cn2c(O)c(C(=O)COc3c(Cl)c(Cl)c(Cl)c(Cl)c3Cl)c(C)c(C#N)c2=O)cc1. The van der Waals surface area contributed by atoms with E-state index in [0.29, 0.717) is 11.3 Å². The molecule has 0 saturated carbocycles. The normalized spacial score (nSPS) is 10.7. The molecule has 3 rings (SSSR count). The number of carbonyl (C=O) groups is 1. The number of aromatic nitrogens is 1. The molecule has 0 atom stereocenters. The summed E-state index contributed by atoms with van der Waals surface area (Å²) in [5.41, 5.74) is -0.701. The van der Waals surface area contributed by atoms with E-state index in [9.17, 15) is 20.0 Å². The Kier molecular flexibility index (Phi) is 8.47. The quantitative estimate of drug-likeness (QED) is 0.201. The van der Waals surface area contributed by atoms with Crippen molar-refractivity contribution in [1.29, 1.82) is 5.26 Å². The molecule has 0 fully saturated rings. The average Bonchev–Trinajstić information content (AvgIpc) is 2.84. The first-order valence-electron chi connectivity index (χ1n) is 9.70. The molecule has 0 bridgehead atoms. The topological polar surface area (TPSA) is 102 Å². The van der Waals surface area contributed by atoms with Crippen molar-refractivity contribution in [3.63, 3.8) is 0 Å². The lowest BCUT2D eigenvalue weighted by molar-refractivity contribution is 0.0916. The van der Waals surface area contributed by atoms with Gasteiger partial charge in [-0.25, -0.2) is 0 Å². The number of halogens is 5. The molecule has 1 aromatic heterocycles. The Morgan fingerprint density at radius 1 is 1.03 bits per heavy atom. The fourth-order valence-electron chi connectivity index (χ4n) is 3.27. The van der Waals surface area contributed by atoms with Crippen LogP contribution >= 0.6 is 58.0 Å². The van der Waals surface area contributed by atoms with E-state index in [1.807, 2.05) is 0 Å². The Morgan fingerprint density at radius 3 is 2.09 bits per heavy atom. The zero-order valence-electron chi connectivity index (χ0n) is 18.1. The maximum absolute atomic E-state index is 13.1. The van der Waals surface area contributed by atoms with Gasteiger partial charge < -0.3 is 14.6 Å². The number of pyridine rings is 1. The monoisotopic (exact) mass is 574 g/mol. The van der Waals surface area contributed by atoms with Gasteiger partial charge in [0.2, 0.25) is 11.7 Å². The largest absolute Gasteiger partial charge is 0.497 e. The number of ketones is 1. The van der Waals surface area contributed by atoms with Crippen molar-refractivity contribution in [2.75, 3.05) is 13.7 Å². The second-order valence-corrected chi connectivity index (χ2v) is 9.05. The molecular weight excluding hydrogens is 562 g/mol. The predicted molar refractivity (Wildman–Crippen MR) is 135 cm³/mol. The first-order chi connectivity index (χ1) is 16.5. The van der Waals surface area contributed by atoms with Crippen LogP contribution in [0.5, 0.6) is 17.4 Å². The number of aromatic hydroxyl groups is 1. The molecule has 0 aliphatic rings. The zero-order chi connectivity index (χ0) is 26.0. The summed E-state index contributed by atoms with van der Waals surface area (Å²) in [4.78, 5) is 25.9. The van der Waals surface area contributed by atoms with Crippen LogP contribution in [0.1, 0.15) is 27.0 Å². The smallest absolute Gasteiger partial charge is 0.271 e. The van der Waals surface area contributed by atoms with Gasteiger partial charge in [-0.2, -0.15) is 5.26 Å². The number of nitriles is 1. The fourth-order valence-corrected chi connectivity index (χ4v) is 4.50. The van der Waals surface area contributed by atoms with E-state index in [2.05, 4.69) is 0 Å². The number of methoxy groups -OCH3 is 1. The first kappa shape index (κ1) is 27.0. The average molecular weight is 577 g/mol. The van der Waals surface area contributed by atoms with Crippen LogP contribution < -0.4 is 15.0 Å². The summed E-state index contributed by atoms with van der Waals surface area (Å²) in [5.74, 6) is -0.973. The molecule has 1 heterocycles. The Labute approximate surface area is 224 Å². The highest BCUT2D eigenvalue weighted by molar-refractivity contribution is 6.55. The third kappa shape index (κ3) is 5.18. The van der Waals surface area contributed by atoms with Crippen molar-refractivity contribution >= 4 is 63.8 Å². The lowest BCUT2D eigenvalue weighted by atomic mass is 10.0. The molecule has 35 heavy (non-hydrogen) atoms. The summed E-state index contributed by atoms with van der Waals surface area (Å²) in [5, 5.41) is 19.8. The van der Waals surface area contributed by atoms with Crippen molar-refractivity contribution in [3.05, 3.63) is 82.0 Å². The molecule has 0 saturated heterocycles. The van der Waals surface area contributed by atoms with Crippen LogP contribution in [0, 0.1) is 18.3 Å². The van der Waals surface area contributed by atoms with Crippen LogP contribution in [0.2, 0.25) is 25.1 Å². The minimum absolute atomic E-state index is 0.000976. The molecule has 0 amide bonds. The number of ether oxygens (including phenoxy) is 2. The third-order valence-corrected chi connectivity index (χ3v) is 7.34. The number of Topliss-reactive ketones (excluding diaryl/α,β-unsaturated/α-hetero) is 1. The molecule has 0 spiro atoms. The van der Waals surface area contributed by atoms with Crippen molar-refractivity contribution < 1.29 is 19.4 Å². The number of carbonyl (C=O) groups excluding carboxylic acids is 1. The highest BCUT2D eigenvalue weighted by Crippen LogP contribution is 2.48. The molecule has 0 aliphatic carbocycles. The molecule has 7 nitrogen and oxygen atoms in total. The minimum atomic E-state index is -0.755. The fraction of sp³-hybridized carbons (Fsp3) is 0.174. The third-order valence-electron chi connectivity index (χ3n) is 5.10. The molecule has 0 unspecified atom stereocenters. The van der Waals surface area contributed by atoms with Gasteiger partial charge in [-0.15, -0.1) is 0 Å². The van der Waals surface area contributed by atoms with Crippen LogP contribution in [0.15, 0.2) is 29.1 Å². The van der Waals surface area contributed by atoms with Gasteiger partial charge >= 0.3 is 0 Å². The van der Waals surface area contributed by atoms with Crippen LogP contribution in [-0.4, -0.2) is 29.2 Å². The van der Waals surface area contributed by atoms with Gasteiger partial charge in [0, 0.05) is 0 Å². The Morgan fingerprint density at radius 2 is 1.57 bits per heavy atom. The number of hydrogen-bond donors (Lipinski definition) is 1. The van der Waals surface area contributed by atoms with Crippen LogP contribution in [0.3, 0.4) is 0 Å². The predicted octanol–water partition coefficient (Wildman–Crippen LogP) is 6.32. The second kappa shape index (κ2) is 11.0. The van der Waals surface area contributed by atoms with Crippen molar-refractivity contribution in [1.82, 2.24) is 4.57 Å². The molecule has 12 heteroatoms. The van der Waals surface area contributed by atoms with E-state index in [0.717, 1.165) is 4.57 Å². The molecule has 182 valence electrons. The standard InChI is InChI=1S/C23H15Cl5N2O5/c1-10-13(7-29)22(32)30(8-11-3-5-12(34-2)6-4-11)23(33)15(10)14(31)9-35-21-19(27)17(25)16(24)18(26)20(21)28/h3-6,33H,8-9H2,1-2H3. The first-order valence-corrected chi connectivity index (χ1v) is 11.6. The zero-order valence-corrected chi connectivity index (χ0v) is 21.9. The lowest BCUT2D eigenvalue weighted by Gasteiger charge is -2.17. The Hall–Kier alpha value is -2.60. The molecular formula is C23H15Cl5N2O5. The van der Waals surface area contributed by atoms with E-state index >= 15 is 0 Å². The molecule has 0 radical (unpaired) electrons. The molecule has 2 aromatic carbocycles. The summed E-state index contributed by atoms with van der Waals surface area (Å²) >= 11 is 30.3. The molecule has 3 aromatic rings.